The average Bonchev–Trinajstić information content (AvgIpc) is 3.08. The van der Waals surface area contributed by atoms with Crippen LogP contribution in [0.4, 0.5) is 24.5 Å². The maximum absolute atomic E-state index is 13.8. The Labute approximate surface area is 276 Å². The lowest BCUT2D eigenvalue weighted by atomic mass is 9.96. The molecule has 5 rings (SSSR count). The van der Waals surface area contributed by atoms with Crippen LogP contribution in [0, 0.1) is 0 Å². The summed E-state index contributed by atoms with van der Waals surface area (Å²) in [6.07, 6.45) is -5.13. The SMILES string of the molecule is CCOc1cc(N2CCOCC2)c(OCC)cc1NC(=O)COC(=O)[C@@H]1Cc2ccccc2CN1S(=O)(=O)c1ccccc1C(F)(F)F. The third-order valence-electron chi connectivity index (χ3n) is 7.89. The Morgan fingerprint density at radius 2 is 1.58 bits per heavy atom. The topological polar surface area (TPSA) is 124 Å². The first-order valence-corrected chi connectivity index (χ1v) is 16.9. The minimum Gasteiger partial charge on any atom is -0.492 e. The van der Waals surface area contributed by atoms with Crippen molar-refractivity contribution in [3.63, 3.8) is 0 Å². The van der Waals surface area contributed by atoms with Crippen molar-refractivity contribution < 1.29 is 50.1 Å². The number of hydrogen-bond donors (Lipinski definition) is 1. The van der Waals surface area contributed by atoms with Crippen LogP contribution in [0.5, 0.6) is 11.5 Å². The second-order valence-electron chi connectivity index (χ2n) is 11.0. The summed E-state index contributed by atoms with van der Waals surface area (Å²) in [6.45, 7) is 5.43. The van der Waals surface area contributed by atoms with Gasteiger partial charge in [-0.3, -0.25) is 9.59 Å². The number of morpholine rings is 1. The molecule has 1 saturated heterocycles. The Balaban J connectivity index is 1.37. The van der Waals surface area contributed by atoms with Gasteiger partial charge in [0, 0.05) is 38.2 Å². The molecule has 0 saturated carbocycles. The molecule has 1 amide bonds. The molecule has 0 aromatic heterocycles. The van der Waals surface area contributed by atoms with Crippen molar-refractivity contribution in [3.05, 3.63) is 77.4 Å². The zero-order valence-electron chi connectivity index (χ0n) is 26.4. The molecule has 15 heteroatoms. The molecule has 0 aliphatic carbocycles. The minimum absolute atomic E-state index is 0.167. The third kappa shape index (κ3) is 7.69. The van der Waals surface area contributed by atoms with Crippen molar-refractivity contribution in [2.24, 2.45) is 0 Å². The van der Waals surface area contributed by atoms with Crippen molar-refractivity contribution in [1.82, 2.24) is 4.31 Å². The van der Waals surface area contributed by atoms with Gasteiger partial charge in [0.05, 0.1) is 48.3 Å². The maximum atomic E-state index is 13.8. The highest BCUT2D eigenvalue weighted by molar-refractivity contribution is 7.89. The summed E-state index contributed by atoms with van der Waals surface area (Å²) < 4.78 is 92.2. The van der Waals surface area contributed by atoms with E-state index in [9.17, 15) is 31.2 Å². The molecule has 11 nitrogen and oxygen atoms in total. The van der Waals surface area contributed by atoms with Crippen LogP contribution in [0.15, 0.2) is 65.6 Å². The molecule has 0 bridgehead atoms. The number of amides is 1. The Morgan fingerprint density at radius 1 is 0.938 bits per heavy atom. The van der Waals surface area contributed by atoms with Crippen LogP contribution >= 0.6 is 0 Å². The fraction of sp³-hybridized carbons (Fsp3) is 0.394. The highest BCUT2D eigenvalue weighted by Gasteiger charge is 2.44. The van der Waals surface area contributed by atoms with Gasteiger partial charge in [-0.1, -0.05) is 36.4 Å². The summed E-state index contributed by atoms with van der Waals surface area (Å²) in [5.74, 6) is -0.989. The molecule has 3 aromatic carbocycles. The number of anilines is 2. The Morgan fingerprint density at radius 3 is 2.27 bits per heavy atom. The first-order valence-electron chi connectivity index (χ1n) is 15.4. The van der Waals surface area contributed by atoms with Gasteiger partial charge in [-0.2, -0.15) is 17.5 Å². The number of esters is 1. The van der Waals surface area contributed by atoms with Crippen molar-refractivity contribution in [1.29, 1.82) is 0 Å². The second kappa shape index (κ2) is 14.8. The molecule has 2 aliphatic heterocycles. The average molecular weight is 692 g/mol. The van der Waals surface area contributed by atoms with Crippen molar-refractivity contribution in [2.75, 3.05) is 56.3 Å². The standard InChI is InChI=1S/C33H36F3N3O8S/c1-3-45-28-19-26(38-13-15-44-16-14-38)29(46-4-2)18-25(28)37-31(40)21-47-32(41)27-17-22-9-5-6-10-23(22)20-39(27)48(42,43)30-12-8-7-11-24(30)33(34,35)36/h5-12,18-19,27H,3-4,13-17,20-21H2,1-2H3,(H,37,40)/t27-/m0/s1. The van der Waals surface area contributed by atoms with Gasteiger partial charge in [-0.25, -0.2) is 8.42 Å². The van der Waals surface area contributed by atoms with Crippen molar-refractivity contribution in [2.45, 2.75) is 43.9 Å². The van der Waals surface area contributed by atoms with E-state index in [4.69, 9.17) is 18.9 Å². The van der Waals surface area contributed by atoms with Crippen LogP contribution in [0.25, 0.3) is 0 Å². The van der Waals surface area contributed by atoms with E-state index >= 15 is 0 Å². The van der Waals surface area contributed by atoms with E-state index in [0.29, 0.717) is 72.5 Å². The predicted molar refractivity (Wildman–Crippen MR) is 170 cm³/mol. The zero-order chi connectivity index (χ0) is 34.5. The van der Waals surface area contributed by atoms with Gasteiger partial charge in [0.2, 0.25) is 10.0 Å². The van der Waals surface area contributed by atoms with Crippen LogP contribution in [0.2, 0.25) is 0 Å². The summed E-state index contributed by atoms with van der Waals surface area (Å²) in [6, 6.07) is 12.3. The number of rotatable bonds is 11. The molecule has 0 radical (unpaired) electrons. The van der Waals surface area contributed by atoms with Crippen LogP contribution < -0.4 is 19.7 Å². The molecule has 3 aromatic rings. The summed E-state index contributed by atoms with van der Waals surface area (Å²) in [4.78, 5) is 27.7. The zero-order valence-corrected chi connectivity index (χ0v) is 27.2. The van der Waals surface area contributed by atoms with E-state index in [-0.39, 0.29) is 18.7 Å². The molecule has 1 N–H and O–H groups in total. The van der Waals surface area contributed by atoms with Crippen LogP contribution in [-0.4, -0.2) is 76.8 Å². The smallest absolute Gasteiger partial charge is 0.417 e. The molecule has 2 aliphatic rings. The first kappa shape index (κ1) is 35.0. The fourth-order valence-electron chi connectivity index (χ4n) is 5.67. The minimum atomic E-state index is -4.96. The van der Waals surface area contributed by atoms with Gasteiger partial charge in [0.1, 0.15) is 17.5 Å². The Bertz CT molecular complexity index is 1750. The summed E-state index contributed by atoms with van der Waals surface area (Å²) in [5, 5.41) is 2.67. The van der Waals surface area contributed by atoms with Crippen molar-refractivity contribution in [3.8, 4) is 11.5 Å². The molecule has 48 heavy (non-hydrogen) atoms. The molecular formula is C33H36F3N3O8S. The fourth-order valence-corrected chi connectivity index (χ4v) is 7.44. The van der Waals surface area contributed by atoms with E-state index < -0.39 is 51.2 Å². The number of nitrogens with one attached hydrogen (secondary N) is 1. The molecular weight excluding hydrogens is 655 g/mol. The molecule has 0 spiro atoms. The lowest BCUT2D eigenvalue weighted by Gasteiger charge is -2.34. The maximum Gasteiger partial charge on any atom is 0.417 e. The number of carbonyl (C=O) groups excluding carboxylic acids is 2. The normalized spacial score (nSPS) is 16.9. The second-order valence-corrected chi connectivity index (χ2v) is 12.8. The summed E-state index contributed by atoms with van der Waals surface area (Å²) in [7, 11) is -4.87. The monoisotopic (exact) mass is 691 g/mol. The van der Waals surface area contributed by atoms with Gasteiger partial charge < -0.3 is 29.2 Å². The highest BCUT2D eigenvalue weighted by atomic mass is 32.2. The lowest BCUT2D eigenvalue weighted by molar-refractivity contribution is -0.151. The number of fused-ring (bicyclic) bond motifs is 1. The molecule has 0 unspecified atom stereocenters. The van der Waals surface area contributed by atoms with E-state index in [0.717, 1.165) is 17.8 Å². The quantitative estimate of drug-likeness (QED) is 0.287. The van der Waals surface area contributed by atoms with Crippen LogP contribution in [-0.2, 0) is 48.2 Å². The highest BCUT2D eigenvalue weighted by Crippen LogP contribution is 2.40. The number of hydrogen-bond acceptors (Lipinski definition) is 9. The predicted octanol–water partition coefficient (Wildman–Crippen LogP) is 4.64. The summed E-state index contributed by atoms with van der Waals surface area (Å²) >= 11 is 0. The molecule has 2 heterocycles. The Hall–Kier alpha value is -4.34. The van der Waals surface area contributed by atoms with Crippen LogP contribution in [0.3, 0.4) is 0 Å². The van der Waals surface area contributed by atoms with Gasteiger partial charge in [0.15, 0.2) is 6.61 Å². The number of halogens is 3. The number of nitrogens with zero attached hydrogens (tertiary/aromatic N) is 2. The Kier molecular flexibility index (Phi) is 10.8. The van der Waals surface area contributed by atoms with E-state index in [2.05, 4.69) is 10.2 Å². The number of sulfonamides is 1. The van der Waals surface area contributed by atoms with Crippen molar-refractivity contribution >= 4 is 33.3 Å². The molecule has 1 fully saturated rings. The van der Waals surface area contributed by atoms with Gasteiger partial charge in [-0.05, 0) is 37.1 Å². The largest absolute Gasteiger partial charge is 0.492 e. The number of benzene rings is 3. The van der Waals surface area contributed by atoms with E-state index in [1.165, 1.54) is 6.07 Å². The van der Waals surface area contributed by atoms with Gasteiger partial charge in [0.25, 0.3) is 5.91 Å². The first-order chi connectivity index (χ1) is 22.9. The van der Waals surface area contributed by atoms with E-state index in [1.54, 1.807) is 43.3 Å². The third-order valence-corrected chi connectivity index (χ3v) is 9.80. The van der Waals surface area contributed by atoms with Crippen LogP contribution in [0.1, 0.15) is 30.5 Å². The van der Waals surface area contributed by atoms with Gasteiger partial charge >= 0.3 is 12.1 Å². The molecule has 258 valence electrons. The summed E-state index contributed by atoms with van der Waals surface area (Å²) in [5.41, 5.74) is 0.828. The van der Waals surface area contributed by atoms with Gasteiger partial charge in [-0.15, -0.1) is 0 Å². The van der Waals surface area contributed by atoms with E-state index in [1.807, 2.05) is 6.92 Å². The molecule has 1 atom stereocenters. The number of ether oxygens (including phenoxy) is 4. The number of alkyl halides is 3. The lowest BCUT2D eigenvalue weighted by Crippen LogP contribution is -2.49. The number of carbonyl (C=O) groups is 2.